The highest BCUT2D eigenvalue weighted by Crippen LogP contribution is 2.32. The van der Waals surface area contributed by atoms with Gasteiger partial charge in [-0.05, 0) is 18.2 Å². The monoisotopic (exact) mass is 456 g/mol. The molecule has 2 N–H and O–H groups in total. The minimum Gasteiger partial charge on any atom is -0.497 e. The van der Waals surface area contributed by atoms with Gasteiger partial charge in [0.2, 0.25) is 12.8 Å². The summed E-state index contributed by atoms with van der Waals surface area (Å²) in [5.74, 6) is 2.40. The number of ether oxygens (including phenoxy) is 5. The Morgan fingerprint density at radius 3 is 2.48 bits per heavy atom. The first-order valence-electron chi connectivity index (χ1n) is 10.7. The van der Waals surface area contributed by atoms with Crippen molar-refractivity contribution in [1.82, 2.24) is 10.2 Å². The number of aliphatic imine (C=N–C) groups is 1. The first-order valence-corrected chi connectivity index (χ1v) is 10.7. The Hall–Kier alpha value is -3.50. The van der Waals surface area contributed by atoms with Crippen LogP contribution in [-0.2, 0) is 4.74 Å². The molecule has 4 rings (SSSR count). The molecule has 10 nitrogen and oxygen atoms in total. The van der Waals surface area contributed by atoms with Crippen molar-refractivity contribution in [3.05, 3.63) is 42.0 Å². The van der Waals surface area contributed by atoms with Crippen molar-refractivity contribution in [1.29, 1.82) is 0 Å². The number of morpholine rings is 1. The fourth-order valence-electron chi connectivity index (χ4n) is 3.47. The molecule has 33 heavy (non-hydrogen) atoms. The zero-order chi connectivity index (χ0) is 23.0. The molecule has 1 fully saturated rings. The molecule has 0 aromatic heterocycles. The molecule has 0 aliphatic carbocycles. The lowest BCUT2D eigenvalue weighted by Crippen LogP contribution is -2.39. The SMILES string of the molecule is COc1cc(NC(=NCCN2CCOCC2)NC(=O)c2ccc3c(c2)OCO3)cc(OC)c1. The van der Waals surface area contributed by atoms with E-state index in [1.165, 1.54) is 0 Å². The number of anilines is 1. The molecule has 1 amide bonds. The molecule has 10 heteroatoms. The second-order valence-electron chi connectivity index (χ2n) is 7.43. The molecule has 0 radical (unpaired) electrons. The van der Waals surface area contributed by atoms with Gasteiger partial charge in [-0.3, -0.25) is 20.0 Å². The van der Waals surface area contributed by atoms with Crippen molar-refractivity contribution in [2.24, 2.45) is 4.99 Å². The van der Waals surface area contributed by atoms with Gasteiger partial charge in [-0.25, -0.2) is 0 Å². The molecule has 1 saturated heterocycles. The minimum absolute atomic E-state index is 0.147. The molecule has 2 aliphatic rings. The highest BCUT2D eigenvalue weighted by Gasteiger charge is 2.18. The lowest BCUT2D eigenvalue weighted by Gasteiger charge is -2.25. The van der Waals surface area contributed by atoms with Crippen LogP contribution in [0.5, 0.6) is 23.0 Å². The van der Waals surface area contributed by atoms with E-state index in [0.717, 1.165) is 32.8 Å². The van der Waals surface area contributed by atoms with Crippen molar-refractivity contribution in [3.63, 3.8) is 0 Å². The third-order valence-corrected chi connectivity index (χ3v) is 5.27. The summed E-state index contributed by atoms with van der Waals surface area (Å²) in [7, 11) is 3.16. The maximum Gasteiger partial charge on any atom is 0.258 e. The number of carbonyl (C=O) groups is 1. The van der Waals surface area contributed by atoms with Gasteiger partial charge in [0.05, 0.1) is 34.0 Å². The van der Waals surface area contributed by atoms with Gasteiger partial charge in [-0.15, -0.1) is 0 Å². The van der Waals surface area contributed by atoms with Gasteiger partial charge in [0.1, 0.15) is 11.5 Å². The lowest BCUT2D eigenvalue weighted by molar-refractivity contribution is 0.0394. The second-order valence-corrected chi connectivity index (χ2v) is 7.43. The zero-order valence-corrected chi connectivity index (χ0v) is 18.8. The minimum atomic E-state index is -0.319. The summed E-state index contributed by atoms with van der Waals surface area (Å²) in [5.41, 5.74) is 1.10. The number of methoxy groups -OCH3 is 2. The molecule has 2 aromatic carbocycles. The Labute approximate surface area is 192 Å². The molecule has 0 unspecified atom stereocenters. The number of guanidine groups is 1. The van der Waals surface area contributed by atoms with Gasteiger partial charge in [0.15, 0.2) is 11.5 Å². The fourth-order valence-corrected chi connectivity index (χ4v) is 3.47. The van der Waals surface area contributed by atoms with E-state index in [1.54, 1.807) is 50.6 Å². The van der Waals surface area contributed by atoms with Gasteiger partial charge in [-0.1, -0.05) is 0 Å². The summed E-state index contributed by atoms with van der Waals surface area (Å²) >= 11 is 0. The van der Waals surface area contributed by atoms with E-state index < -0.39 is 0 Å². The van der Waals surface area contributed by atoms with Crippen LogP contribution >= 0.6 is 0 Å². The largest absolute Gasteiger partial charge is 0.497 e. The van der Waals surface area contributed by atoms with E-state index in [1.807, 2.05) is 0 Å². The summed E-state index contributed by atoms with van der Waals surface area (Å²) in [4.78, 5) is 19.8. The first-order chi connectivity index (χ1) is 16.1. The summed E-state index contributed by atoms with van der Waals surface area (Å²) < 4.78 is 26.8. The van der Waals surface area contributed by atoms with Crippen LogP contribution in [0.1, 0.15) is 10.4 Å². The van der Waals surface area contributed by atoms with Crippen molar-refractivity contribution in [2.75, 3.05) is 65.7 Å². The van der Waals surface area contributed by atoms with Gasteiger partial charge in [-0.2, -0.15) is 0 Å². The van der Waals surface area contributed by atoms with E-state index in [-0.39, 0.29) is 12.7 Å². The first kappa shape index (κ1) is 22.7. The molecule has 2 aromatic rings. The average Bonchev–Trinajstić information content (AvgIpc) is 3.32. The Morgan fingerprint density at radius 1 is 1.03 bits per heavy atom. The van der Waals surface area contributed by atoms with Crippen molar-refractivity contribution in [2.45, 2.75) is 0 Å². The van der Waals surface area contributed by atoms with Crippen LogP contribution < -0.4 is 29.6 Å². The number of benzene rings is 2. The Morgan fingerprint density at radius 2 is 1.76 bits per heavy atom. The van der Waals surface area contributed by atoms with E-state index in [2.05, 4.69) is 20.5 Å². The molecule has 2 heterocycles. The predicted octanol–water partition coefficient (Wildman–Crippen LogP) is 1.96. The topological polar surface area (TPSA) is 103 Å². The number of hydrogen-bond donors (Lipinski definition) is 2. The van der Waals surface area contributed by atoms with Gasteiger partial charge < -0.3 is 29.0 Å². The van der Waals surface area contributed by atoms with Crippen LogP contribution in [0.4, 0.5) is 5.69 Å². The standard InChI is InChI=1S/C23H28N4O6/c1-29-18-12-17(13-19(14-18)30-2)25-23(24-5-6-27-7-9-31-10-8-27)26-22(28)16-3-4-20-21(11-16)33-15-32-20/h3-4,11-14H,5-10,15H2,1-2H3,(H2,24,25,26,28). The van der Waals surface area contributed by atoms with E-state index in [4.69, 9.17) is 23.7 Å². The fraction of sp³-hybridized carbons (Fsp3) is 0.391. The van der Waals surface area contributed by atoms with Crippen molar-refractivity contribution in [3.8, 4) is 23.0 Å². The number of hydrogen-bond acceptors (Lipinski definition) is 8. The number of rotatable bonds is 7. The normalized spacial score (nSPS) is 15.8. The maximum atomic E-state index is 13.0. The van der Waals surface area contributed by atoms with Crippen LogP contribution in [0.15, 0.2) is 41.4 Å². The quantitative estimate of drug-likeness (QED) is 0.482. The third kappa shape index (κ3) is 6.05. The van der Waals surface area contributed by atoms with Crippen LogP contribution in [-0.4, -0.2) is 77.2 Å². The second kappa shape index (κ2) is 10.9. The Kier molecular flexibility index (Phi) is 7.48. The number of amides is 1. The Bertz CT molecular complexity index is 984. The van der Waals surface area contributed by atoms with Crippen LogP contribution in [0.3, 0.4) is 0 Å². The summed E-state index contributed by atoms with van der Waals surface area (Å²) in [6.45, 7) is 4.59. The molecular weight excluding hydrogens is 428 g/mol. The van der Waals surface area contributed by atoms with E-state index >= 15 is 0 Å². The third-order valence-electron chi connectivity index (χ3n) is 5.27. The van der Waals surface area contributed by atoms with Gasteiger partial charge >= 0.3 is 0 Å². The molecule has 0 bridgehead atoms. The summed E-state index contributed by atoms with van der Waals surface area (Å²) in [5, 5.41) is 6.04. The van der Waals surface area contributed by atoms with Crippen LogP contribution in [0, 0.1) is 0 Å². The lowest BCUT2D eigenvalue weighted by atomic mass is 10.2. The van der Waals surface area contributed by atoms with E-state index in [9.17, 15) is 4.79 Å². The molecule has 176 valence electrons. The van der Waals surface area contributed by atoms with Crippen molar-refractivity contribution < 1.29 is 28.5 Å². The van der Waals surface area contributed by atoms with Gasteiger partial charge in [0.25, 0.3) is 5.91 Å². The summed E-state index contributed by atoms with van der Waals surface area (Å²) in [6.07, 6.45) is 0. The van der Waals surface area contributed by atoms with Crippen molar-refractivity contribution >= 4 is 17.6 Å². The highest BCUT2D eigenvalue weighted by molar-refractivity contribution is 6.10. The Balaban J connectivity index is 1.50. The maximum absolute atomic E-state index is 13.0. The number of nitrogens with zero attached hydrogens (tertiary/aromatic N) is 2. The van der Waals surface area contributed by atoms with E-state index in [0.29, 0.717) is 46.8 Å². The molecule has 0 atom stereocenters. The number of carbonyl (C=O) groups excluding carboxylic acids is 1. The van der Waals surface area contributed by atoms with Crippen LogP contribution in [0.2, 0.25) is 0 Å². The smallest absolute Gasteiger partial charge is 0.258 e. The van der Waals surface area contributed by atoms with Crippen LogP contribution in [0.25, 0.3) is 0 Å². The van der Waals surface area contributed by atoms with Gasteiger partial charge in [0, 0.05) is 49.1 Å². The average molecular weight is 456 g/mol. The zero-order valence-electron chi connectivity index (χ0n) is 18.8. The molecule has 2 aliphatic heterocycles. The molecule has 0 spiro atoms. The predicted molar refractivity (Wildman–Crippen MR) is 123 cm³/mol. The molecular formula is C23H28N4O6. The summed E-state index contributed by atoms with van der Waals surface area (Å²) in [6, 6.07) is 10.4. The highest BCUT2D eigenvalue weighted by atomic mass is 16.7. The number of nitrogens with one attached hydrogen (secondary N) is 2. The number of fused-ring (bicyclic) bond motifs is 1. The molecule has 0 saturated carbocycles.